The second-order valence-electron chi connectivity index (χ2n) is 6.68. The largest absolute Gasteiger partial charge is 0.487 e. The zero-order valence-electron chi connectivity index (χ0n) is 16.0. The molecule has 0 bridgehead atoms. The molecule has 158 valence electrons. The van der Waals surface area contributed by atoms with Gasteiger partial charge in [0.05, 0.1) is 13.1 Å². The second-order valence-corrected chi connectivity index (χ2v) is 7.60. The molecule has 2 aliphatic heterocycles. The Labute approximate surface area is 177 Å². The van der Waals surface area contributed by atoms with Crippen molar-refractivity contribution in [2.75, 3.05) is 46.3 Å². The minimum Gasteiger partial charge on any atom is -0.487 e. The molecule has 3 rings (SSSR count). The summed E-state index contributed by atoms with van der Waals surface area (Å²) in [5, 5.41) is 15.6. The zero-order valence-corrected chi connectivity index (χ0v) is 17.6. The fourth-order valence-electron chi connectivity index (χ4n) is 2.71. The molecule has 0 spiro atoms. The van der Waals surface area contributed by atoms with Crippen molar-refractivity contribution in [2.24, 2.45) is 0 Å². The number of piperazine rings is 1. The number of rotatable bonds is 4. The molecular formula is C19H24BrN3O6. The number of hydrogen-bond donors (Lipinski definition) is 2. The van der Waals surface area contributed by atoms with Gasteiger partial charge in [-0.25, -0.2) is 14.4 Å². The third-order valence-corrected chi connectivity index (χ3v) is 4.91. The molecule has 2 aliphatic rings. The maximum atomic E-state index is 12.3. The minimum atomic E-state index is -1.26. The normalized spacial score (nSPS) is 17.3. The van der Waals surface area contributed by atoms with Crippen LogP contribution in [0.1, 0.15) is 0 Å². The van der Waals surface area contributed by atoms with Gasteiger partial charge < -0.3 is 29.6 Å². The highest BCUT2D eigenvalue weighted by Crippen LogP contribution is 2.21. The quantitative estimate of drug-likeness (QED) is 0.644. The van der Waals surface area contributed by atoms with Crippen LogP contribution in [0.3, 0.4) is 0 Å². The smallest absolute Gasteiger partial charge is 0.328 e. The summed E-state index contributed by atoms with van der Waals surface area (Å²) in [6.45, 7) is 4.92. The lowest BCUT2D eigenvalue weighted by Crippen LogP contribution is -2.61. The third kappa shape index (κ3) is 7.74. The summed E-state index contributed by atoms with van der Waals surface area (Å²) in [6, 6.07) is 7.95. The minimum absolute atomic E-state index is 0.114. The first-order chi connectivity index (χ1) is 13.7. The van der Waals surface area contributed by atoms with Crippen molar-refractivity contribution in [1.29, 1.82) is 0 Å². The lowest BCUT2D eigenvalue weighted by molar-refractivity contribution is -0.134. The molecular weight excluding hydrogens is 446 g/mol. The first-order valence-electron chi connectivity index (χ1n) is 9.03. The van der Waals surface area contributed by atoms with Crippen molar-refractivity contribution in [1.82, 2.24) is 14.7 Å². The SMILES string of the molecule is CN1CCN(C(=O)N2CC(Oc3ccc(Br)cc3)C2)CC1.O=C(O)C=CC(=O)O. The number of amides is 2. The van der Waals surface area contributed by atoms with Crippen LogP contribution in [-0.2, 0) is 9.59 Å². The highest BCUT2D eigenvalue weighted by atomic mass is 79.9. The monoisotopic (exact) mass is 469 g/mol. The van der Waals surface area contributed by atoms with E-state index in [2.05, 4.69) is 27.9 Å². The number of halogens is 1. The Morgan fingerprint density at radius 3 is 1.97 bits per heavy atom. The summed E-state index contributed by atoms with van der Waals surface area (Å²) in [5.41, 5.74) is 0. The van der Waals surface area contributed by atoms with E-state index in [-0.39, 0.29) is 12.1 Å². The number of urea groups is 1. The third-order valence-electron chi connectivity index (χ3n) is 4.38. The first kappa shape index (κ1) is 22.7. The fourth-order valence-corrected chi connectivity index (χ4v) is 2.98. The van der Waals surface area contributed by atoms with Gasteiger partial charge in [0.2, 0.25) is 0 Å². The molecule has 0 aromatic heterocycles. The van der Waals surface area contributed by atoms with Crippen LogP contribution in [0, 0.1) is 0 Å². The van der Waals surface area contributed by atoms with Crippen molar-refractivity contribution in [3.8, 4) is 5.75 Å². The number of carbonyl (C=O) groups is 3. The number of hydrogen-bond acceptors (Lipinski definition) is 5. The molecule has 2 amide bonds. The number of carboxylic acid groups (broad SMARTS) is 2. The molecule has 0 atom stereocenters. The van der Waals surface area contributed by atoms with Crippen LogP contribution >= 0.6 is 15.9 Å². The Morgan fingerprint density at radius 1 is 0.966 bits per heavy atom. The predicted molar refractivity (Wildman–Crippen MR) is 109 cm³/mol. The van der Waals surface area contributed by atoms with Gasteiger partial charge in [-0.1, -0.05) is 15.9 Å². The van der Waals surface area contributed by atoms with Crippen LogP contribution in [0.4, 0.5) is 4.79 Å². The van der Waals surface area contributed by atoms with Crippen LogP contribution < -0.4 is 4.74 Å². The van der Waals surface area contributed by atoms with Gasteiger partial charge in [-0.15, -0.1) is 0 Å². The molecule has 0 unspecified atom stereocenters. The van der Waals surface area contributed by atoms with E-state index in [1.165, 1.54) is 0 Å². The van der Waals surface area contributed by atoms with Crippen molar-refractivity contribution in [3.63, 3.8) is 0 Å². The number of benzene rings is 1. The fraction of sp³-hybridized carbons (Fsp3) is 0.421. The molecule has 2 fully saturated rings. The van der Waals surface area contributed by atoms with Gasteiger partial charge >= 0.3 is 18.0 Å². The molecule has 1 aromatic carbocycles. The van der Waals surface area contributed by atoms with Gasteiger partial charge in [-0.05, 0) is 31.3 Å². The number of likely N-dealkylation sites (tertiary alicyclic amines) is 1. The summed E-state index contributed by atoms with van der Waals surface area (Å²) in [5.74, 6) is -1.66. The van der Waals surface area contributed by atoms with Gasteiger partial charge in [0.15, 0.2) is 0 Å². The number of nitrogens with zero attached hydrogens (tertiary/aromatic N) is 3. The average Bonchev–Trinajstić information content (AvgIpc) is 2.65. The summed E-state index contributed by atoms with van der Waals surface area (Å²) in [7, 11) is 2.09. The number of aliphatic carboxylic acids is 2. The summed E-state index contributed by atoms with van der Waals surface area (Å²) in [6.07, 6.45) is 1.23. The maximum Gasteiger partial charge on any atom is 0.328 e. The molecule has 0 aliphatic carbocycles. The van der Waals surface area contributed by atoms with Crippen molar-refractivity contribution < 1.29 is 29.3 Å². The van der Waals surface area contributed by atoms with Gasteiger partial charge in [0.25, 0.3) is 0 Å². The molecule has 1 aromatic rings. The Balaban J connectivity index is 0.000000321. The molecule has 29 heavy (non-hydrogen) atoms. The lowest BCUT2D eigenvalue weighted by Gasteiger charge is -2.43. The van der Waals surface area contributed by atoms with E-state index >= 15 is 0 Å². The van der Waals surface area contributed by atoms with E-state index in [4.69, 9.17) is 14.9 Å². The number of ether oxygens (including phenoxy) is 1. The van der Waals surface area contributed by atoms with E-state index in [0.29, 0.717) is 25.2 Å². The lowest BCUT2D eigenvalue weighted by atomic mass is 10.1. The van der Waals surface area contributed by atoms with Gasteiger partial charge in [-0.2, -0.15) is 0 Å². The average molecular weight is 470 g/mol. The maximum absolute atomic E-state index is 12.3. The second kappa shape index (κ2) is 10.8. The van der Waals surface area contributed by atoms with Crippen molar-refractivity contribution in [3.05, 3.63) is 40.9 Å². The molecule has 9 nitrogen and oxygen atoms in total. The van der Waals surface area contributed by atoms with E-state index < -0.39 is 11.9 Å². The van der Waals surface area contributed by atoms with Gasteiger partial charge in [-0.3, -0.25) is 0 Å². The summed E-state index contributed by atoms with van der Waals surface area (Å²) in [4.78, 5) is 37.5. The van der Waals surface area contributed by atoms with E-state index in [1.54, 1.807) is 0 Å². The van der Waals surface area contributed by atoms with E-state index in [0.717, 1.165) is 36.4 Å². The van der Waals surface area contributed by atoms with Crippen LogP contribution in [0.15, 0.2) is 40.9 Å². The zero-order chi connectivity index (χ0) is 21.4. The van der Waals surface area contributed by atoms with E-state index in [9.17, 15) is 14.4 Å². The summed E-state index contributed by atoms with van der Waals surface area (Å²) >= 11 is 3.40. The Morgan fingerprint density at radius 2 is 1.48 bits per heavy atom. The molecule has 2 heterocycles. The molecule has 10 heteroatoms. The summed E-state index contributed by atoms with van der Waals surface area (Å²) < 4.78 is 6.89. The molecule has 2 saturated heterocycles. The Kier molecular flexibility index (Phi) is 8.47. The molecule has 0 radical (unpaired) electrons. The van der Waals surface area contributed by atoms with Gasteiger partial charge in [0.1, 0.15) is 11.9 Å². The first-order valence-corrected chi connectivity index (χ1v) is 9.82. The Hall–Kier alpha value is -2.59. The highest BCUT2D eigenvalue weighted by Gasteiger charge is 2.35. The number of carbonyl (C=O) groups excluding carboxylic acids is 1. The van der Waals surface area contributed by atoms with Crippen molar-refractivity contribution in [2.45, 2.75) is 6.10 Å². The van der Waals surface area contributed by atoms with E-state index in [1.807, 2.05) is 34.1 Å². The molecule has 0 saturated carbocycles. The molecule has 2 N–H and O–H groups in total. The predicted octanol–water partition coefficient (Wildman–Crippen LogP) is 1.59. The van der Waals surface area contributed by atoms with Crippen LogP contribution in [-0.4, -0.2) is 95.3 Å². The van der Waals surface area contributed by atoms with Crippen LogP contribution in [0.5, 0.6) is 5.75 Å². The van der Waals surface area contributed by atoms with Crippen LogP contribution in [0.2, 0.25) is 0 Å². The highest BCUT2D eigenvalue weighted by molar-refractivity contribution is 9.10. The Bertz CT molecular complexity index is 725. The number of carboxylic acids is 2. The topological polar surface area (TPSA) is 111 Å². The number of likely N-dealkylation sites (N-methyl/N-ethyl adjacent to an activating group) is 1. The van der Waals surface area contributed by atoms with Gasteiger partial charge in [0, 0.05) is 42.8 Å². The van der Waals surface area contributed by atoms with Crippen LogP contribution in [0.25, 0.3) is 0 Å². The standard InChI is InChI=1S/C15H20BrN3O2.C4H4O4/c1-17-6-8-18(9-7-17)15(20)19-10-14(11-19)21-13-4-2-12(16)3-5-13;5-3(6)1-2-4(7)8/h2-5,14H,6-11H2,1H3;1-2H,(H,5,6)(H,7,8). The van der Waals surface area contributed by atoms with Crippen molar-refractivity contribution >= 4 is 33.9 Å².